The summed E-state index contributed by atoms with van der Waals surface area (Å²) < 4.78 is 5.70. The third-order valence-electron chi connectivity index (χ3n) is 2.40. The normalized spacial score (nSPS) is 13.1. The highest BCUT2D eigenvalue weighted by atomic mass is 16.5. The lowest BCUT2D eigenvalue weighted by Gasteiger charge is -2.21. The van der Waals surface area contributed by atoms with Crippen LogP contribution in [0.5, 0.6) is 5.88 Å². The monoisotopic (exact) mass is 267 g/mol. The Balaban J connectivity index is 2.58. The number of hydrogen-bond acceptors (Lipinski definition) is 5. The first-order chi connectivity index (χ1) is 8.78. The van der Waals surface area contributed by atoms with E-state index in [0.29, 0.717) is 11.6 Å². The standard InChI is InChI=1S/C14H25N3O2/c1-10(18)6-5-9-16-12-8-7-11(15)13(17-12)19-14(2,3)4/h7-8,10,18H,5-6,9,15H2,1-4H3,(H,16,17). The van der Waals surface area contributed by atoms with Crippen molar-refractivity contribution in [3.05, 3.63) is 12.1 Å². The predicted molar refractivity (Wildman–Crippen MR) is 78.4 cm³/mol. The molecule has 0 bridgehead atoms. The lowest BCUT2D eigenvalue weighted by molar-refractivity contribution is 0.125. The Labute approximate surface area is 115 Å². The molecule has 0 amide bonds. The summed E-state index contributed by atoms with van der Waals surface area (Å²) in [7, 11) is 0. The Morgan fingerprint density at radius 3 is 2.68 bits per heavy atom. The summed E-state index contributed by atoms with van der Waals surface area (Å²) >= 11 is 0. The Morgan fingerprint density at radius 2 is 2.11 bits per heavy atom. The van der Waals surface area contributed by atoms with E-state index in [0.717, 1.165) is 25.2 Å². The van der Waals surface area contributed by atoms with Crippen LogP contribution in [-0.2, 0) is 0 Å². The molecule has 0 aliphatic rings. The molecule has 1 aromatic rings. The molecule has 1 unspecified atom stereocenters. The van der Waals surface area contributed by atoms with Crippen molar-refractivity contribution in [1.29, 1.82) is 0 Å². The van der Waals surface area contributed by atoms with Gasteiger partial charge in [0.15, 0.2) is 0 Å². The second-order valence-corrected chi connectivity index (χ2v) is 5.72. The van der Waals surface area contributed by atoms with E-state index < -0.39 is 0 Å². The van der Waals surface area contributed by atoms with E-state index >= 15 is 0 Å². The minimum atomic E-state index is -0.327. The molecule has 0 aromatic carbocycles. The van der Waals surface area contributed by atoms with Gasteiger partial charge in [-0.3, -0.25) is 0 Å². The van der Waals surface area contributed by atoms with Crippen LogP contribution in [-0.4, -0.2) is 28.3 Å². The average Bonchev–Trinajstić information content (AvgIpc) is 2.26. The molecule has 19 heavy (non-hydrogen) atoms. The lowest BCUT2D eigenvalue weighted by Crippen LogP contribution is -2.24. The number of nitrogens with two attached hydrogens (primary N) is 1. The van der Waals surface area contributed by atoms with E-state index in [1.807, 2.05) is 26.8 Å². The van der Waals surface area contributed by atoms with Gasteiger partial charge in [0.05, 0.1) is 11.8 Å². The van der Waals surface area contributed by atoms with Gasteiger partial charge >= 0.3 is 0 Å². The number of nitrogen functional groups attached to an aromatic ring is 1. The number of nitrogens with zero attached hydrogens (tertiary/aromatic N) is 1. The highest BCUT2D eigenvalue weighted by molar-refractivity contribution is 5.53. The number of ether oxygens (including phenoxy) is 1. The third kappa shape index (κ3) is 6.29. The highest BCUT2D eigenvalue weighted by Gasteiger charge is 2.15. The SMILES string of the molecule is CC(O)CCCNc1ccc(N)c(OC(C)(C)C)n1. The van der Waals surface area contributed by atoms with Crippen molar-refractivity contribution in [2.75, 3.05) is 17.6 Å². The summed E-state index contributed by atoms with van der Waals surface area (Å²) in [4.78, 5) is 4.35. The molecular weight excluding hydrogens is 242 g/mol. The molecule has 0 spiro atoms. The molecular formula is C14H25N3O2. The number of anilines is 2. The first-order valence-electron chi connectivity index (χ1n) is 6.65. The molecule has 5 nitrogen and oxygen atoms in total. The number of aliphatic hydroxyl groups is 1. The number of nitrogens with one attached hydrogen (secondary N) is 1. The smallest absolute Gasteiger partial charge is 0.239 e. The van der Waals surface area contributed by atoms with Gasteiger partial charge < -0.3 is 20.9 Å². The quantitative estimate of drug-likeness (QED) is 0.690. The summed E-state index contributed by atoms with van der Waals surface area (Å²) in [6.45, 7) is 8.41. The highest BCUT2D eigenvalue weighted by Crippen LogP contribution is 2.24. The van der Waals surface area contributed by atoms with Gasteiger partial charge in [0.1, 0.15) is 11.4 Å². The van der Waals surface area contributed by atoms with Crippen LogP contribution in [0, 0.1) is 0 Å². The first kappa shape index (κ1) is 15.6. The van der Waals surface area contributed by atoms with Crippen LogP contribution in [0.4, 0.5) is 11.5 Å². The summed E-state index contributed by atoms with van der Waals surface area (Å²) in [6.07, 6.45) is 1.40. The van der Waals surface area contributed by atoms with Crippen molar-refractivity contribution in [3.63, 3.8) is 0 Å². The minimum absolute atomic E-state index is 0.263. The van der Waals surface area contributed by atoms with E-state index in [4.69, 9.17) is 10.5 Å². The molecule has 1 atom stereocenters. The van der Waals surface area contributed by atoms with E-state index in [-0.39, 0.29) is 11.7 Å². The Morgan fingerprint density at radius 1 is 1.42 bits per heavy atom. The molecule has 5 heteroatoms. The minimum Gasteiger partial charge on any atom is -0.470 e. The fraction of sp³-hybridized carbons (Fsp3) is 0.643. The molecule has 1 rings (SSSR count). The summed E-state index contributed by atoms with van der Waals surface area (Å²) in [6, 6.07) is 3.61. The zero-order chi connectivity index (χ0) is 14.5. The van der Waals surface area contributed by atoms with Crippen LogP contribution in [0.25, 0.3) is 0 Å². The number of aromatic nitrogens is 1. The number of hydrogen-bond donors (Lipinski definition) is 3. The molecule has 0 aliphatic carbocycles. The van der Waals surface area contributed by atoms with Gasteiger partial charge in [-0.1, -0.05) is 0 Å². The molecule has 0 saturated carbocycles. The summed E-state index contributed by atoms with van der Waals surface area (Å²) in [5, 5.41) is 12.4. The zero-order valence-electron chi connectivity index (χ0n) is 12.2. The Hall–Kier alpha value is -1.49. The van der Waals surface area contributed by atoms with Crippen molar-refractivity contribution < 1.29 is 9.84 Å². The van der Waals surface area contributed by atoms with Crippen molar-refractivity contribution in [1.82, 2.24) is 4.98 Å². The topological polar surface area (TPSA) is 80.4 Å². The predicted octanol–water partition coefficient (Wildman–Crippen LogP) is 2.41. The fourth-order valence-electron chi connectivity index (χ4n) is 1.54. The van der Waals surface area contributed by atoms with Crippen molar-refractivity contribution in [2.24, 2.45) is 0 Å². The maximum Gasteiger partial charge on any atom is 0.239 e. The lowest BCUT2D eigenvalue weighted by atomic mass is 10.2. The molecule has 1 aromatic heterocycles. The molecule has 0 aliphatic heterocycles. The van der Waals surface area contributed by atoms with Crippen molar-refractivity contribution in [2.45, 2.75) is 52.2 Å². The first-order valence-corrected chi connectivity index (χ1v) is 6.65. The number of rotatable bonds is 6. The van der Waals surface area contributed by atoms with E-state index in [1.165, 1.54) is 0 Å². The van der Waals surface area contributed by atoms with Gasteiger partial charge in [-0.25, -0.2) is 0 Å². The van der Waals surface area contributed by atoms with E-state index in [2.05, 4.69) is 10.3 Å². The third-order valence-corrected chi connectivity index (χ3v) is 2.40. The summed E-state index contributed by atoms with van der Waals surface area (Å²) in [5.74, 6) is 1.19. The van der Waals surface area contributed by atoms with Crippen LogP contribution in [0.15, 0.2) is 12.1 Å². The fourth-order valence-corrected chi connectivity index (χ4v) is 1.54. The Bertz CT molecular complexity index is 400. The molecule has 4 N–H and O–H groups in total. The van der Waals surface area contributed by atoms with Crippen molar-refractivity contribution >= 4 is 11.5 Å². The second kappa shape index (κ2) is 6.61. The maximum atomic E-state index is 9.18. The molecule has 0 saturated heterocycles. The zero-order valence-corrected chi connectivity index (χ0v) is 12.2. The van der Waals surface area contributed by atoms with Crippen molar-refractivity contribution in [3.8, 4) is 5.88 Å². The van der Waals surface area contributed by atoms with Crippen LogP contribution < -0.4 is 15.8 Å². The van der Waals surface area contributed by atoms with E-state index in [9.17, 15) is 5.11 Å². The van der Waals surface area contributed by atoms with Crippen LogP contribution >= 0.6 is 0 Å². The summed E-state index contributed by atoms with van der Waals surface area (Å²) in [5.41, 5.74) is 6.05. The van der Waals surface area contributed by atoms with Gasteiger partial charge in [0.2, 0.25) is 5.88 Å². The van der Waals surface area contributed by atoms with Gasteiger partial charge in [-0.05, 0) is 52.7 Å². The number of pyridine rings is 1. The average molecular weight is 267 g/mol. The number of aliphatic hydroxyl groups excluding tert-OH is 1. The molecule has 0 radical (unpaired) electrons. The molecule has 0 fully saturated rings. The van der Waals surface area contributed by atoms with Gasteiger partial charge in [-0.15, -0.1) is 0 Å². The van der Waals surface area contributed by atoms with Crippen LogP contribution in [0.1, 0.15) is 40.5 Å². The maximum absolute atomic E-state index is 9.18. The van der Waals surface area contributed by atoms with E-state index in [1.54, 1.807) is 13.0 Å². The largest absolute Gasteiger partial charge is 0.470 e. The Kier molecular flexibility index (Phi) is 5.42. The van der Waals surface area contributed by atoms with Crippen LogP contribution in [0.3, 0.4) is 0 Å². The molecule has 108 valence electrons. The van der Waals surface area contributed by atoms with Crippen LogP contribution in [0.2, 0.25) is 0 Å². The van der Waals surface area contributed by atoms with Gasteiger partial charge in [-0.2, -0.15) is 4.98 Å². The van der Waals surface area contributed by atoms with Gasteiger partial charge in [0, 0.05) is 6.54 Å². The molecule has 1 heterocycles. The van der Waals surface area contributed by atoms with Gasteiger partial charge in [0.25, 0.3) is 0 Å². The second-order valence-electron chi connectivity index (χ2n) is 5.72.